The Morgan fingerprint density at radius 3 is 2.11 bits per heavy atom. The van der Waals surface area contributed by atoms with E-state index >= 15 is 0 Å². The third kappa shape index (κ3) is 8.69. The molecule has 1 aromatic carbocycles. The maximum Gasteiger partial charge on any atom is 0.159 e. The van der Waals surface area contributed by atoms with Crippen molar-refractivity contribution in [3.63, 3.8) is 0 Å². The van der Waals surface area contributed by atoms with Crippen LogP contribution in [0, 0.1) is 0 Å². The monoisotopic (exact) mass is 380 g/mol. The van der Waals surface area contributed by atoms with Crippen LogP contribution in [0.5, 0.6) is 5.75 Å². The van der Waals surface area contributed by atoms with Gasteiger partial charge in [-0.1, -0.05) is 58.8 Å². The molecule has 0 bridgehead atoms. The van der Waals surface area contributed by atoms with Gasteiger partial charge in [-0.3, -0.25) is 0 Å². The molecule has 0 atom stereocenters. The summed E-state index contributed by atoms with van der Waals surface area (Å²) in [5.74, 6) is 1.62. The van der Waals surface area contributed by atoms with Crippen molar-refractivity contribution in [1.82, 2.24) is 9.97 Å². The Morgan fingerprint density at radius 2 is 1.43 bits per heavy atom. The molecule has 0 N–H and O–H groups in total. The molecule has 0 aliphatic rings. The molecule has 152 valence electrons. The van der Waals surface area contributed by atoms with Gasteiger partial charge in [0.25, 0.3) is 0 Å². The van der Waals surface area contributed by atoms with Crippen LogP contribution < -0.4 is 4.74 Å². The van der Waals surface area contributed by atoms with E-state index in [1.165, 1.54) is 63.4 Å². The number of ether oxygens (including phenoxy) is 1. The molecule has 3 heteroatoms. The lowest BCUT2D eigenvalue weighted by molar-refractivity contribution is 0.477. The van der Waals surface area contributed by atoms with Crippen LogP contribution >= 0.6 is 0 Å². The molecule has 0 saturated heterocycles. The van der Waals surface area contributed by atoms with Gasteiger partial charge in [-0.25, -0.2) is 9.97 Å². The van der Waals surface area contributed by atoms with Gasteiger partial charge in [0.05, 0.1) is 6.26 Å². The van der Waals surface area contributed by atoms with E-state index in [0.717, 1.165) is 30.0 Å². The summed E-state index contributed by atoms with van der Waals surface area (Å²) in [6, 6.07) is 7.98. The quantitative estimate of drug-likeness (QED) is 0.251. The van der Waals surface area contributed by atoms with Gasteiger partial charge in [0.2, 0.25) is 0 Å². The topological polar surface area (TPSA) is 35.0 Å². The minimum Gasteiger partial charge on any atom is -0.465 e. The summed E-state index contributed by atoms with van der Waals surface area (Å²) in [7, 11) is 0. The van der Waals surface area contributed by atoms with E-state index in [1.54, 1.807) is 6.26 Å². The minimum atomic E-state index is 0.771. The standard InChI is InChI=1S/C25H36N2O/c1-3-5-7-9-11-13-19-28-24-17-15-23(16-18-24)25-26-20-22(21-27-25)14-12-10-8-6-4-2/h13,15-21H,3-12,14H2,1-2H3. The molecule has 1 aromatic heterocycles. The van der Waals surface area contributed by atoms with Crippen LogP contribution in [-0.4, -0.2) is 9.97 Å². The van der Waals surface area contributed by atoms with Crippen LogP contribution in [0.1, 0.15) is 83.6 Å². The van der Waals surface area contributed by atoms with Crippen molar-refractivity contribution in [2.75, 3.05) is 0 Å². The molecule has 3 nitrogen and oxygen atoms in total. The molecule has 28 heavy (non-hydrogen) atoms. The number of aryl methyl sites for hydroxylation is 1. The van der Waals surface area contributed by atoms with Crippen LogP contribution in [0.25, 0.3) is 11.4 Å². The van der Waals surface area contributed by atoms with E-state index in [0.29, 0.717) is 0 Å². The number of aromatic nitrogens is 2. The van der Waals surface area contributed by atoms with Crippen LogP contribution in [0.3, 0.4) is 0 Å². The van der Waals surface area contributed by atoms with Crippen molar-refractivity contribution < 1.29 is 4.74 Å². The third-order valence-electron chi connectivity index (χ3n) is 4.91. The van der Waals surface area contributed by atoms with E-state index in [4.69, 9.17) is 4.74 Å². The Morgan fingerprint density at radius 1 is 0.786 bits per heavy atom. The average Bonchev–Trinajstić information content (AvgIpc) is 2.74. The molecule has 2 rings (SSSR count). The predicted octanol–water partition coefficient (Wildman–Crippen LogP) is 7.52. The number of nitrogens with zero attached hydrogens (tertiary/aromatic N) is 2. The maximum absolute atomic E-state index is 5.67. The summed E-state index contributed by atoms with van der Waals surface area (Å²) in [5.41, 5.74) is 2.25. The largest absolute Gasteiger partial charge is 0.465 e. The SMILES string of the molecule is CCCCCCC=COc1ccc(-c2ncc(CCCCCCC)cn2)cc1. The Labute approximate surface area is 171 Å². The zero-order valence-corrected chi connectivity index (χ0v) is 17.7. The first-order valence-corrected chi connectivity index (χ1v) is 11.1. The summed E-state index contributed by atoms with van der Waals surface area (Å²) in [6.45, 7) is 4.48. The summed E-state index contributed by atoms with van der Waals surface area (Å²) < 4.78 is 5.67. The molecule has 0 unspecified atom stereocenters. The first-order valence-electron chi connectivity index (χ1n) is 11.1. The molecular formula is C25H36N2O. The second kappa shape index (κ2) is 13.9. The number of rotatable bonds is 14. The lowest BCUT2D eigenvalue weighted by atomic mass is 10.1. The highest BCUT2D eigenvalue weighted by molar-refractivity contribution is 5.55. The van der Waals surface area contributed by atoms with E-state index in [2.05, 4.69) is 29.9 Å². The first kappa shape index (κ1) is 22.1. The van der Waals surface area contributed by atoms with E-state index in [1.807, 2.05) is 36.7 Å². The molecular weight excluding hydrogens is 344 g/mol. The molecule has 0 amide bonds. The van der Waals surface area contributed by atoms with Crippen LogP contribution in [0.2, 0.25) is 0 Å². The molecule has 1 heterocycles. The lowest BCUT2D eigenvalue weighted by Crippen LogP contribution is -1.93. The van der Waals surface area contributed by atoms with Gasteiger partial charge >= 0.3 is 0 Å². The van der Waals surface area contributed by atoms with Gasteiger partial charge in [0, 0.05) is 18.0 Å². The number of hydrogen-bond donors (Lipinski definition) is 0. The van der Waals surface area contributed by atoms with E-state index in [-0.39, 0.29) is 0 Å². The fourth-order valence-electron chi connectivity index (χ4n) is 3.13. The fraction of sp³-hybridized carbons (Fsp3) is 0.520. The van der Waals surface area contributed by atoms with E-state index in [9.17, 15) is 0 Å². The fourth-order valence-corrected chi connectivity index (χ4v) is 3.13. The molecule has 0 radical (unpaired) electrons. The van der Waals surface area contributed by atoms with Crippen molar-refractivity contribution in [3.8, 4) is 17.1 Å². The Balaban J connectivity index is 1.75. The number of hydrogen-bond acceptors (Lipinski definition) is 3. The van der Waals surface area contributed by atoms with Crippen molar-refractivity contribution in [3.05, 3.63) is 54.6 Å². The van der Waals surface area contributed by atoms with Gasteiger partial charge in [-0.05, 0) is 61.6 Å². The maximum atomic E-state index is 5.67. The van der Waals surface area contributed by atoms with E-state index < -0.39 is 0 Å². The highest BCUT2D eigenvalue weighted by atomic mass is 16.5. The first-order chi connectivity index (χ1) is 13.8. The summed E-state index contributed by atoms with van der Waals surface area (Å²) in [5, 5.41) is 0. The summed E-state index contributed by atoms with van der Waals surface area (Å²) >= 11 is 0. The molecule has 0 fully saturated rings. The predicted molar refractivity (Wildman–Crippen MR) is 118 cm³/mol. The highest BCUT2D eigenvalue weighted by Gasteiger charge is 2.02. The van der Waals surface area contributed by atoms with Crippen LogP contribution in [-0.2, 0) is 6.42 Å². The number of benzene rings is 1. The average molecular weight is 381 g/mol. The lowest BCUT2D eigenvalue weighted by Gasteiger charge is -2.05. The van der Waals surface area contributed by atoms with Gasteiger partial charge < -0.3 is 4.74 Å². The van der Waals surface area contributed by atoms with Crippen molar-refractivity contribution in [1.29, 1.82) is 0 Å². The zero-order valence-electron chi connectivity index (χ0n) is 17.7. The van der Waals surface area contributed by atoms with Crippen molar-refractivity contribution in [2.24, 2.45) is 0 Å². The highest BCUT2D eigenvalue weighted by Crippen LogP contribution is 2.20. The molecule has 0 aliphatic carbocycles. The molecule has 0 spiro atoms. The smallest absolute Gasteiger partial charge is 0.159 e. The minimum absolute atomic E-state index is 0.771. The third-order valence-corrected chi connectivity index (χ3v) is 4.91. The Kier molecular flexibility index (Phi) is 11.0. The second-order valence-corrected chi connectivity index (χ2v) is 7.44. The zero-order chi connectivity index (χ0) is 19.9. The molecule has 0 saturated carbocycles. The Bertz CT molecular complexity index is 662. The van der Waals surface area contributed by atoms with Gasteiger partial charge in [0.15, 0.2) is 5.82 Å². The molecule has 2 aromatic rings. The number of unbranched alkanes of at least 4 members (excludes halogenated alkanes) is 8. The summed E-state index contributed by atoms with van der Waals surface area (Å²) in [6.07, 6.45) is 21.6. The second-order valence-electron chi connectivity index (χ2n) is 7.44. The number of allylic oxidation sites excluding steroid dienone is 1. The van der Waals surface area contributed by atoms with Crippen molar-refractivity contribution >= 4 is 0 Å². The van der Waals surface area contributed by atoms with Crippen LogP contribution in [0.15, 0.2) is 49.0 Å². The van der Waals surface area contributed by atoms with Crippen LogP contribution in [0.4, 0.5) is 0 Å². The van der Waals surface area contributed by atoms with Gasteiger partial charge in [-0.15, -0.1) is 0 Å². The van der Waals surface area contributed by atoms with Gasteiger partial charge in [0.1, 0.15) is 5.75 Å². The Hall–Kier alpha value is -2.16. The van der Waals surface area contributed by atoms with Crippen molar-refractivity contribution in [2.45, 2.75) is 84.5 Å². The van der Waals surface area contributed by atoms with Gasteiger partial charge in [-0.2, -0.15) is 0 Å². The summed E-state index contributed by atoms with van der Waals surface area (Å²) in [4.78, 5) is 9.08. The normalized spacial score (nSPS) is 11.2. The molecule has 0 aliphatic heterocycles.